The zero-order valence-corrected chi connectivity index (χ0v) is 11.3. The number of hydrogen-bond donors (Lipinski definition) is 1. The highest BCUT2D eigenvalue weighted by Gasteiger charge is 2.31. The van der Waals surface area contributed by atoms with Crippen molar-refractivity contribution in [3.8, 4) is 11.1 Å². The van der Waals surface area contributed by atoms with E-state index in [0.29, 0.717) is 11.8 Å². The van der Waals surface area contributed by atoms with Crippen LogP contribution in [0.25, 0.3) is 11.1 Å². The molecule has 4 heterocycles. The Balaban J connectivity index is 1.87. The first-order chi connectivity index (χ1) is 9.31. The summed E-state index contributed by atoms with van der Waals surface area (Å²) < 4.78 is 6.10. The van der Waals surface area contributed by atoms with Crippen LogP contribution in [-0.4, -0.2) is 22.0 Å². The molecule has 2 aromatic rings. The maximum atomic E-state index is 12.3. The van der Waals surface area contributed by atoms with E-state index in [2.05, 4.69) is 15.8 Å². The summed E-state index contributed by atoms with van der Waals surface area (Å²) in [6.45, 7) is 2.89. The molecule has 0 saturated carbocycles. The lowest BCUT2D eigenvalue weighted by Crippen LogP contribution is -2.44. The number of piperidine rings is 1. The van der Waals surface area contributed by atoms with Gasteiger partial charge >= 0.3 is 0 Å². The molecular weight excluding hydrogens is 258 g/mol. The van der Waals surface area contributed by atoms with Crippen LogP contribution >= 0.6 is 11.5 Å². The fourth-order valence-corrected chi connectivity index (χ4v) is 3.86. The van der Waals surface area contributed by atoms with Gasteiger partial charge in [-0.05, 0) is 42.0 Å². The van der Waals surface area contributed by atoms with E-state index in [-0.39, 0.29) is 5.56 Å². The minimum atomic E-state index is 0.135. The van der Waals surface area contributed by atoms with Gasteiger partial charge in [0.15, 0.2) is 0 Å². The lowest BCUT2D eigenvalue weighted by atomic mass is 9.83. The molecule has 5 heteroatoms. The zero-order valence-electron chi connectivity index (χ0n) is 10.5. The first-order valence-corrected chi connectivity index (χ1v) is 7.50. The van der Waals surface area contributed by atoms with Gasteiger partial charge in [0, 0.05) is 47.9 Å². The standard InChI is InChI=1S/C14H15N3OS/c18-14-3-10(12-6-16-19-8-12)2-13-11-1-9(4-15-5-11)7-17(13)14/h2-3,6,8-9,11,15H,1,4-5,7H2/t9-,11+/m0/s1. The SMILES string of the molecule is O=c1cc(-c2cnsc2)cc2n1C[C@@H]1CNC[C@H]2C1. The molecule has 98 valence electrons. The smallest absolute Gasteiger partial charge is 0.251 e. The zero-order chi connectivity index (χ0) is 12.8. The summed E-state index contributed by atoms with van der Waals surface area (Å²) in [5.74, 6) is 1.09. The quantitative estimate of drug-likeness (QED) is 0.860. The molecule has 0 aliphatic carbocycles. The van der Waals surface area contributed by atoms with Gasteiger partial charge in [0.2, 0.25) is 0 Å². The molecule has 0 unspecified atom stereocenters. The van der Waals surface area contributed by atoms with Crippen LogP contribution in [0, 0.1) is 5.92 Å². The molecule has 2 bridgehead atoms. The maximum Gasteiger partial charge on any atom is 0.251 e. The Kier molecular flexibility index (Phi) is 2.56. The maximum absolute atomic E-state index is 12.3. The molecule has 2 aliphatic heterocycles. The monoisotopic (exact) mass is 273 g/mol. The third-order valence-corrected chi connectivity index (χ3v) is 4.81. The Labute approximate surface area is 115 Å². The molecule has 0 radical (unpaired) electrons. The van der Waals surface area contributed by atoms with E-state index in [1.807, 2.05) is 16.1 Å². The van der Waals surface area contributed by atoms with E-state index in [4.69, 9.17) is 0 Å². The summed E-state index contributed by atoms with van der Waals surface area (Å²) in [5, 5.41) is 5.47. The van der Waals surface area contributed by atoms with Gasteiger partial charge in [-0.3, -0.25) is 4.79 Å². The second kappa shape index (κ2) is 4.28. The summed E-state index contributed by atoms with van der Waals surface area (Å²) >= 11 is 1.42. The molecule has 1 saturated heterocycles. The van der Waals surface area contributed by atoms with Crippen molar-refractivity contribution < 1.29 is 0 Å². The molecule has 2 aliphatic rings. The molecule has 0 aromatic carbocycles. The largest absolute Gasteiger partial charge is 0.316 e. The molecule has 4 rings (SSSR count). The van der Waals surface area contributed by atoms with Crippen LogP contribution in [0.1, 0.15) is 18.0 Å². The van der Waals surface area contributed by atoms with E-state index in [1.54, 1.807) is 6.07 Å². The highest BCUT2D eigenvalue weighted by Crippen LogP contribution is 2.33. The molecule has 0 spiro atoms. The Morgan fingerprint density at radius 3 is 3.11 bits per heavy atom. The molecule has 19 heavy (non-hydrogen) atoms. The second-order valence-corrected chi connectivity index (χ2v) is 6.15. The van der Waals surface area contributed by atoms with E-state index < -0.39 is 0 Å². The number of pyridine rings is 1. The molecule has 0 amide bonds. The van der Waals surface area contributed by atoms with Crippen LogP contribution in [0.5, 0.6) is 0 Å². The third-order valence-electron chi connectivity index (χ3n) is 4.23. The van der Waals surface area contributed by atoms with Crippen LogP contribution in [-0.2, 0) is 6.54 Å². The Hall–Kier alpha value is -1.46. The van der Waals surface area contributed by atoms with Gasteiger partial charge in [0.25, 0.3) is 5.56 Å². The number of nitrogens with one attached hydrogen (secondary N) is 1. The van der Waals surface area contributed by atoms with Crippen molar-refractivity contribution in [2.75, 3.05) is 13.1 Å². The highest BCUT2D eigenvalue weighted by atomic mass is 32.1. The van der Waals surface area contributed by atoms with Gasteiger partial charge in [-0.2, -0.15) is 0 Å². The van der Waals surface area contributed by atoms with Crippen LogP contribution < -0.4 is 10.9 Å². The summed E-state index contributed by atoms with van der Waals surface area (Å²) in [6, 6.07) is 3.93. The van der Waals surface area contributed by atoms with E-state index in [1.165, 1.54) is 23.6 Å². The summed E-state index contributed by atoms with van der Waals surface area (Å²) in [5.41, 5.74) is 3.39. The first kappa shape index (κ1) is 11.4. The lowest BCUT2D eigenvalue weighted by Gasteiger charge is -2.37. The summed E-state index contributed by atoms with van der Waals surface area (Å²) in [7, 11) is 0. The Morgan fingerprint density at radius 1 is 1.32 bits per heavy atom. The lowest BCUT2D eigenvalue weighted by molar-refractivity contribution is 0.257. The molecular formula is C14H15N3OS. The minimum absolute atomic E-state index is 0.135. The Bertz CT molecular complexity index is 662. The summed E-state index contributed by atoms with van der Waals surface area (Å²) in [6.07, 6.45) is 3.04. The Morgan fingerprint density at radius 2 is 2.26 bits per heavy atom. The van der Waals surface area contributed by atoms with Gasteiger partial charge in [-0.15, -0.1) is 0 Å². The van der Waals surface area contributed by atoms with Gasteiger partial charge in [0.05, 0.1) is 0 Å². The topological polar surface area (TPSA) is 46.9 Å². The molecule has 2 atom stereocenters. The van der Waals surface area contributed by atoms with Crippen molar-refractivity contribution in [1.29, 1.82) is 0 Å². The number of rotatable bonds is 1. The van der Waals surface area contributed by atoms with Crippen molar-refractivity contribution >= 4 is 11.5 Å². The summed E-state index contributed by atoms with van der Waals surface area (Å²) in [4.78, 5) is 12.3. The number of fused-ring (bicyclic) bond motifs is 4. The van der Waals surface area contributed by atoms with Gasteiger partial charge in [0.1, 0.15) is 0 Å². The minimum Gasteiger partial charge on any atom is -0.316 e. The molecule has 2 aromatic heterocycles. The molecule has 4 nitrogen and oxygen atoms in total. The number of nitrogens with zero attached hydrogens (tertiary/aromatic N) is 2. The molecule has 1 N–H and O–H groups in total. The third kappa shape index (κ3) is 1.84. The highest BCUT2D eigenvalue weighted by molar-refractivity contribution is 7.03. The van der Waals surface area contributed by atoms with E-state index >= 15 is 0 Å². The fourth-order valence-electron chi connectivity index (χ4n) is 3.32. The predicted molar refractivity (Wildman–Crippen MR) is 75.5 cm³/mol. The van der Waals surface area contributed by atoms with Crippen LogP contribution in [0.4, 0.5) is 0 Å². The van der Waals surface area contributed by atoms with Gasteiger partial charge in [-0.1, -0.05) is 0 Å². The van der Waals surface area contributed by atoms with Crippen LogP contribution in [0.3, 0.4) is 0 Å². The van der Waals surface area contributed by atoms with E-state index in [9.17, 15) is 4.79 Å². The average Bonchev–Trinajstić information content (AvgIpc) is 2.94. The van der Waals surface area contributed by atoms with Crippen molar-refractivity contribution in [1.82, 2.24) is 14.3 Å². The predicted octanol–water partition coefficient (Wildman–Crippen LogP) is 1.68. The second-order valence-electron chi connectivity index (χ2n) is 5.49. The number of hydrogen-bond acceptors (Lipinski definition) is 4. The van der Waals surface area contributed by atoms with Crippen molar-refractivity contribution in [3.63, 3.8) is 0 Å². The molecule has 1 fully saturated rings. The van der Waals surface area contributed by atoms with Crippen LogP contribution in [0.2, 0.25) is 0 Å². The average molecular weight is 273 g/mol. The van der Waals surface area contributed by atoms with Gasteiger partial charge in [-0.25, -0.2) is 4.37 Å². The van der Waals surface area contributed by atoms with Crippen molar-refractivity contribution in [2.24, 2.45) is 5.92 Å². The normalized spacial score (nSPS) is 25.1. The van der Waals surface area contributed by atoms with Crippen molar-refractivity contribution in [3.05, 3.63) is 39.8 Å². The fraction of sp³-hybridized carbons (Fsp3) is 0.429. The first-order valence-electron chi connectivity index (χ1n) is 6.66. The van der Waals surface area contributed by atoms with Gasteiger partial charge < -0.3 is 9.88 Å². The van der Waals surface area contributed by atoms with Crippen molar-refractivity contribution in [2.45, 2.75) is 18.9 Å². The number of aromatic nitrogens is 2. The van der Waals surface area contributed by atoms with Crippen LogP contribution in [0.15, 0.2) is 28.5 Å². The van der Waals surface area contributed by atoms with E-state index in [0.717, 1.165) is 30.8 Å².